The van der Waals surface area contributed by atoms with Gasteiger partial charge in [-0.25, -0.2) is 9.59 Å². The maximum absolute atomic E-state index is 12.3. The zero-order chi connectivity index (χ0) is 26.2. The minimum absolute atomic E-state index is 0.340. The maximum atomic E-state index is 12.3. The molecule has 0 unspecified atom stereocenters. The van der Waals surface area contributed by atoms with Gasteiger partial charge in [0.25, 0.3) is 5.78 Å². The molecule has 0 aliphatic rings. The summed E-state index contributed by atoms with van der Waals surface area (Å²) in [5, 5.41) is 17.5. The van der Waals surface area contributed by atoms with Crippen LogP contribution in [0.5, 0.6) is 0 Å². The summed E-state index contributed by atoms with van der Waals surface area (Å²) in [6.07, 6.45) is -4.89. The van der Waals surface area contributed by atoms with Crippen LogP contribution < -0.4 is 5.46 Å². The Labute approximate surface area is 198 Å². The van der Waals surface area contributed by atoms with Crippen LogP contribution in [0, 0.1) is 0 Å². The number of halogens is 3. The highest BCUT2D eigenvalue weighted by Crippen LogP contribution is 2.25. The number of carbonyl (C=O) groups excluding carboxylic acids is 3. The summed E-state index contributed by atoms with van der Waals surface area (Å²) in [5.41, 5.74) is 2.02. The molecule has 0 aliphatic carbocycles. The molecule has 182 valence electrons. The molecule has 3 aromatic carbocycles. The van der Waals surface area contributed by atoms with Gasteiger partial charge in [-0.2, -0.15) is 13.2 Å². The van der Waals surface area contributed by atoms with Gasteiger partial charge in [0, 0.05) is 5.56 Å². The molecule has 0 atom stereocenters. The van der Waals surface area contributed by atoms with Crippen molar-refractivity contribution in [2.45, 2.75) is 6.18 Å². The van der Waals surface area contributed by atoms with E-state index in [2.05, 4.69) is 9.47 Å². The Morgan fingerprint density at radius 2 is 1.00 bits per heavy atom. The molecule has 0 radical (unpaired) electrons. The molecule has 0 heterocycles. The van der Waals surface area contributed by atoms with Crippen molar-refractivity contribution in [1.82, 2.24) is 0 Å². The first-order chi connectivity index (χ1) is 16.5. The number of benzene rings is 3. The van der Waals surface area contributed by atoms with Crippen LogP contribution >= 0.6 is 0 Å². The monoisotopic (exact) mass is 488 g/mol. The summed E-state index contributed by atoms with van der Waals surface area (Å²) >= 11 is 0. The lowest BCUT2D eigenvalue weighted by Crippen LogP contribution is -2.29. The number of esters is 2. The standard InChI is InChI=1S/C16H11F3O3.C8H9BO4/c1-22-15(21)13-8-4-11(5-9-13)10-2-6-12(7-3-10)14(20)16(17,18)19;1-13-8(10)6-2-4-7(5-3-6)9(11)12/h2-9H,1H3;2-5,11-12H,1H3. The van der Waals surface area contributed by atoms with Crippen molar-refractivity contribution in [3.8, 4) is 11.1 Å². The first-order valence-corrected chi connectivity index (χ1v) is 9.92. The van der Waals surface area contributed by atoms with E-state index in [1.807, 2.05) is 0 Å². The Balaban J connectivity index is 0.000000283. The average molecular weight is 488 g/mol. The highest BCUT2D eigenvalue weighted by atomic mass is 19.4. The van der Waals surface area contributed by atoms with Gasteiger partial charge in [0.1, 0.15) is 0 Å². The molecule has 0 bridgehead atoms. The minimum Gasteiger partial charge on any atom is -0.465 e. The summed E-state index contributed by atoms with van der Waals surface area (Å²) in [6, 6.07) is 17.3. The molecule has 0 saturated heterocycles. The average Bonchev–Trinajstić information content (AvgIpc) is 2.87. The van der Waals surface area contributed by atoms with Gasteiger partial charge in [-0.3, -0.25) is 4.79 Å². The number of methoxy groups -OCH3 is 2. The Hall–Kier alpha value is -3.96. The molecule has 3 rings (SSSR count). The van der Waals surface area contributed by atoms with Crippen LogP contribution in [0.3, 0.4) is 0 Å². The molecule has 0 spiro atoms. The third-order valence-electron chi connectivity index (χ3n) is 4.67. The summed E-state index contributed by atoms with van der Waals surface area (Å²) < 4.78 is 46.0. The zero-order valence-electron chi connectivity index (χ0n) is 18.6. The van der Waals surface area contributed by atoms with E-state index in [-0.39, 0.29) is 0 Å². The fraction of sp³-hybridized carbons (Fsp3) is 0.125. The molecule has 7 nitrogen and oxygen atoms in total. The van der Waals surface area contributed by atoms with E-state index in [0.717, 1.165) is 12.1 Å². The van der Waals surface area contributed by atoms with Crippen molar-refractivity contribution >= 4 is 30.3 Å². The molecule has 0 amide bonds. The van der Waals surface area contributed by atoms with E-state index >= 15 is 0 Å². The van der Waals surface area contributed by atoms with Gasteiger partial charge < -0.3 is 19.5 Å². The van der Waals surface area contributed by atoms with Gasteiger partial charge in [0.05, 0.1) is 25.3 Å². The first kappa shape index (κ1) is 27.3. The Kier molecular flexibility index (Phi) is 9.32. The van der Waals surface area contributed by atoms with Crippen LogP contribution in [-0.2, 0) is 9.47 Å². The van der Waals surface area contributed by atoms with E-state index in [9.17, 15) is 27.6 Å². The quantitative estimate of drug-likeness (QED) is 0.323. The van der Waals surface area contributed by atoms with Gasteiger partial charge in [-0.15, -0.1) is 0 Å². The molecule has 3 aromatic rings. The van der Waals surface area contributed by atoms with Crippen LogP contribution in [0.1, 0.15) is 31.1 Å². The number of rotatable bonds is 5. The summed E-state index contributed by atoms with van der Waals surface area (Å²) in [4.78, 5) is 33.3. The molecule has 0 saturated carbocycles. The van der Waals surface area contributed by atoms with E-state index in [0.29, 0.717) is 27.7 Å². The Morgan fingerprint density at radius 3 is 1.31 bits per heavy atom. The normalized spacial score (nSPS) is 10.5. The second-order valence-electron chi connectivity index (χ2n) is 6.96. The fourth-order valence-corrected chi connectivity index (χ4v) is 2.80. The number of hydrogen-bond donors (Lipinski definition) is 2. The smallest absolute Gasteiger partial charge is 0.465 e. The van der Waals surface area contributed by atoms with Crippen molar-refractivity contribution in [3.05, 3.63) is 89.5 Å². The molecular weight excluding hydrogens is 468 g/mol. The highest BCUT2D eigenvalue weighted by molar-refractivity contribution is 6.58. The van der Waals surface area contributed by atoms with Crippen LogP contribution in [0.2, 0.25) is 0 Å². The Morgan fingerprint density at radius 1 is 0.657 bits per heavy atom. The number of carbonyl (C=O) groups is 3. The zero-order valence-corrected chi connectivity index (χ0v) is 18.6. The highest BCUT2D eigenvalue weighted by Gasteiger charge is 2.39. The molecule has 0 fully saturated rings. The SMILES string of the molecule is COC(=O)c1ccc(-c2ccc(C(=O)C(F)(F)F)cc2)cc1.COC(=O)c1ccc(B(O)O)cc1. The lowest BCUT2D eigenvalue weighted by Gasteiger charge is -2.07. The number of ether oxygens (including phenoxy) is 2. The van der Waals surface area contributed by atoms with Gasteiger partial charge in [-0.05, 0) is 40.9 Å². The van der Waals surface area contributed by atoms with Crippen molar-refractivity contribution in [2.75, 3.05) is 14.2 Å². The third-order valence-corrected chi connectivity index (χ3v) is 4.67. The van der Waals surface area contributed by atoms with E-state index in [4.69, 9.17) is 10.0 Å². The summed E-state index contributed by atoms with van der Waals surface area (Å²) in [7, 11) is 1.05. The van der Waals surface area contributed by atoms with Gasteiger partial charge in [-0.1, -0.05) is 48.5 Å². The van der Waals surface area contributed by atoms with E-state index in [1.54, 1.807) is 24.3 Å². The van der Waals surface area contributed by atoms with Crippen LogP contribution in [-0.4, -0.2) is 55.3 Å². The van der Waals surface area contributed by atoms with Gasteiger partial charge >= 0.3 is 25.2 Å². The predicted octanol–water partition coefficient (Wildman–Crippen LogP) is 3.04. The van der Waals surface area contributed by atoms with Crippen molar-refractivity contribution in [2.24, 2.45) is 0 Å². The number of hydrogen-bond acceptors (Lipinski definition) is 7. The summed E-state index contributed by atoms with van der Waals surface area (Å²) in [6.45, 7) is 0. The second kappa shape index (κ2) is 12.0. The largest absolute Gasteiger partial charge is 0.488 e. The lowest BCUT2D eigenvalue weighted by atomic mass is 9.80. The first-order valence-electron chi connectivity index (χ1n) is 9.92. The van der Waals surface area contributed by atoms with Crippen molar-refractivity contribution in [1.29, 1.82) is 0 Å². The number of ketones is 1. The maximum Gasteiger partial charge on any atom is 0.488 e. The summed E-state index contributed by atoms with van der Waals surface area (Å²) in [5.74, 6) is -2.79. The van der Waals surface area contributed by atoms with E-state index in [1.165, 1.54) is 50.6 Å². The Bertz CT molecular complexity index is 1160. The van der Waals surface area contributed by atoms with Crippen molar-refractivity contribution < 1.29 is 47.1 Å². The third kappa shape index (κ3) is 7.52. The number of alkyl halides is 3. The predicted molar refractivity (Wildman–Crippen MR) is 121 cm³/mol. The van der Waals surface area contributed by atoms with E-state index < -0.39 is 36.6 Å². The minimum atomic E-state index is -4.89. The molecule has 11 heteroatoms. The van der Waals surface area contributed by atoms with Crippen LogP contribution in [0.25, 0.3) is 11.1 Å². The molecule has 0 aliphatic heterocycles. The van der Waals surface area contributed by atoms with Crippen molar-refractivity contribution in [3.63, 3.8) is 0 Å². The molecule has 0 aromatic heterocycles. The fourth-order valence-electron chi connectivity index (χ4n) is 2.80. The van der Waals surface area contributed by atoms with Gasteiger partial charge in [0.15, 0.2) is 0 Å². The van der Waals surface area contributed by atoms with Crippen LogP contribution in [0.4, 0.5) is 13.2 Å². The molecule has 35 heavy (non-hydrogen) atoms. The van der Waals surface area contributed by atoms with Crippen LogP contribution in [0.15, 0.2) is 72.8 Å². The van der Waals surface area contributed by atoms with Gasteiger partial charge in [0.2, 0.25) is 0 Å². The molecular formula is C24H20BF3O7. The number of Topliss-reactive ketones (excluding diaryl/α,β-unsaturated/α-hetero) is 1. The topological polar surface area (TPSA) is 110 Å². The molecule has 2 N–H and O–H groups in total. The second-order valence-corrected chi connectivity index (χ2v) is 6.96. The lowest BCUT2D eigenvalue weighted by molar-refractivity contribution is -0.0885.